The molecule has 1 saturated heterocycles. The van der Waals surface area contributed by atoms with E-state index >= 15 is 0 Å². The highest BCUT2D eigenvalue weighted by atomic mass is 19.1. The minimum atomic E-state index is -0.189. The Morgan fingerprint density at radius 1 is 1.03 bits per heavy atom. The minimum Gasteiger partial charge on any atom is -0.358 e. The molecule has 174 valence electrons. The zero-order valence-corrected chi connectivity index (χ0v) is 19.1. The lowest BCUT2D eigenvalue weighted by Crippen LogP contribution is -2.40. The average Bonchev–Trinajstić information content (AvgIpc) is 3.38. The molecule has 2 heterocycles. The molecule has 1 aliphatic heterocycles. The maximum Gasteiger partial charge on any atom is 0.329 e. The van der Waals surface area contributed by atoms with E-state index in [9.17, 15) is 14.0 Å². The smallest absolute Gasteiger partial charge is 0.329 e. The lowest BCUT2D eigenvalue weighted by atomic mass is 9.99. The largest absolute Gasteiger partial charge is 0.358 e. The minimum absolute atomic E-state index is 0.0165. The number of aromatic nitrogens is 2. The number of carbonyl (C=O) groups excluding carboxylic acids is 1. The normalized spacial score (nSPS) is 18.7. The third kappa shape index (κ3) is 3.18. The van der Waals surface area contributed by atoms with Crippen LogP contribution >= 0.6 is 0 Å². The Labute approximate surface area is 196 Å². The molecule has 1 atom stereocenters. The van der Waals surface area contributed by atoms with Gasteiger partial charge in [0.05, 0.1) is 11.0 Å². The summed E-state index contributed by atoms with van der Waals surface area (Å²) in [6, 6.07) is 17.5. The molecular formula is C27H27FN4O2. The fourth-order valence-corrected chi connectivity index (χ4v) is 5.98. The van der Waals surface area contributed by atoms with Gasteiger partial charge in [-0.2, -0.15) is 0 Å². The summed E-state index contributed by atoms with van der Waals surface area (Å²) in [4.78, 5) is 27.9. The van der Waals surface area contributed by atoms with Crippen molar-refractivity contribution >= 4 is 27.7 Å². The maximum absolute atomic E-state index is 14.4. The van der Waals surface area contributed by atoms with E-state index in [-0.39, 0.29) is 36.0 Å². The van der Waals surface area contributed by atoms with Crippen molar-refractivity contribution in [1.82, 2.24) is 19.4 Å². The molecule has 34 heavy (non-hydrogen) atoms. The highest BCUT2D eigenvalue weighted by molar-refractivity contribution is 5.91. The third-order valence-corrected chi connectivity index (χ3v) is 7.63. The van der Waals surface area contributed by atoms with Gasteiger partial charge < -0.3 is 5.32 Å². The molecule has 1 aromatic heterocycles. The van der Waals surface area contributed by atoms with Crippen LogP contribution in [0.4, 0.5) is 4.39 Å². The molecule has 2 aliphatic rings. The van der Waals surface area contributed by atoms with Crippen molar-refractivity contribution in [2.24, 2.45) is 0 Å². The van der Waals surface area contributed by atoms with Crippen LogP contribution in [-0.4, -0.2) is 40.1 Å². The summed E-state index contributed by atoms with van der Waals surface area (Å²) in [5.74, 6) is -0.348. The summed E-state index contributed by atoms with van der Waals surface area (Å²) in [5.41, 5.74) is 3.97. The Hall–Kier alpha value is -3.45. The van der Waals surface area contributed by atoms with Crippen LogP contribution in [0.25, 0.3) is 21.8 Å². The zero-order valence-electron chi connectivity index (χ0n) is 19.1. The molecule has 1 N–H and O–H groups in total. The first-order chi connectivity index (χ1) is 16.6. The molecule has 1 amide bonds. The fraction of sp³-hybridized carbons (Fsp3) is 0.333. The van der Waals surface area contributed by atoms with Crippen molar-refractivity contribution < 1.29 is 9.18 Å². The monoisotopic (exact) mass is 458 g/mol. The molecule has 1 aliphatic carbocycles. The van der Waals surface area contributed by atoms with E-state index < -0.39 is 0 Å². The predicted octanol–water partition coefficient (Wildman–Crippen LogP) is 3.78. The number of likely N-dealkylation sites (N-methyl/N-ethyl adjacent to an activating group) is 1. The van der Waals surface area contributed by atoms with Crippen LogP contribution in [0.1, 0.15) is 36.1 Å². The van der Waals surface area contributed by atoms with E-state index in [1.54, 1.807) is 17.7 Å². The van der Waals surface area contributed by atoms with E-state index in [0.29, 0.717) is 5.39 Å². The van der Waals surface area contributed by atoms with Gasteiger partial charge in [0.1, 0.15) is 12.4 Å². The standard InChI is InChI=1S/C27H27FN4O2/c1-29-25(33)16-31-22-7-2-3-8-23(22)32(27(31)34)18-11-13-30(14-12-18)24-15-17-9-10-21(28)19-5-4-6-20(24)26(17)19/h2-10,18,24H,11-16H2,1H3,(H,29,33)/t24-/m1/s1. The second-order valence-corrected chi connectivity index (χ2v) is 9.36. The third-order valence-electron chi connectivity index (χ3n) is 7.63. The molecule has 7 heteroatoms. The Morgan fingerprint density at radius 3 is 2.56 bits per heavy atom. The van der Waals surface area contributed by atoms with Crippen LogP contribution in [0.3, 0.4) is 0 Å². The molecule has 0 unspecified atom stereocenters. The van der Waals surface area contributed by atoms with Crippen LogP contribution in [0, 0.1) is 5.82 Å². The van der Waals surface area contributed by atoms with Gasteiger partial charge >= 0.3 is 5.69 Å². The van der Waals surface area contributed by atoms with Gasteiger partial charge in [-0.25, -0.2) is 9.18 Å². The Kier molecular flexibility index (Phi) is 5.03. The number of fused-ring (bicyclic) bond motifs is 1. The number of para-hydroxylation sites is 2. The number of halogens is 1. The van der Waals surface area contributed by atoms with Crippen molar-refractivity contribution in [2.75, 3.05) is 20.1 Å². The lowest BCUT2D eigenvalue weighted by Gasteiger charge is -2.36. The average molecular weight is 459 g/mol. The van der Waals surface area contributed by atoms with Crippen molar-refractivity contribution in [3.63, 3.8) is 0 Å². The van der Waals surface area contributed by atoms with E-state index in [0.717, 1.165) is 48.8 Å². The highest BCUT2D eigenvalue weighted by Gasteiger charge is 2.33. The van der Waals surface area contributed by atoms with Crippen molar-refractivity contribution in [3.05, 3.63) is 82.0 Å². The molecule has 3 aromatic carbocycles. The molecule has 6 nitrogen and oxygen atoms in total. The molecule has 4 aromatic rings. The number of amides is 1. The topological polar surface area (TPSA) is 59.3 Å². The number of imidazole rings is 1. The van der Waals surface area contributed by atoms with E-state index in [1.165, 1.54) is 11.1 Å². The van der Waals surface area contributed by atoms with Gasteiger partial charge in [0.2, 0.25) is 5.91 Å². The van der Waals surface area contributed by atoms with Gasteiger partial charge in [-0.05, 0) is 54.0 Å². The Bertz CT molecular complexity index is 1480. The summed E-state index contributed by atoms with van der Waals surface area (Å²) in [6.07, 6.45) is 2.60. The van der Waals surface area contributed by atoms with E-state index in [2.05, 4.69) is 16.3 Å². The van der Waals surface area contributed by atoms with Crippen LogP contribution in [0.5, 0.6) is 0 Å². The van der Waals surface area contributed by atoms with Crippen molar-refractivity contribution in [1.29, 1.82) is 0 Å². The predicted molar refractivity (Wildman–Crippen MR) is 130 cm³/mol. The first-order valence-electron chi connectivity index (χ1n) is 11.9. The van der Waals surface area contributed by atoms with Crippen molar-refractivity contribution in [3.8, 4) is 0 Å². The molecule has 0 saturated carbocycles. The van der Waals surface area contributed by atoms with E-state index in [4.69, 9.17) is 0 Å². The fourth-order valence-electron chi connectivity index (χ4n) is 5.98. The number of rotatable bonds is 4. The number of carbonyl (C=O) groups is 1. The van der Waals surface area contributed by atoms with Gasteiger partial charge in [0.25, 0.3) is 0 Å². The van der Waals surface area contributed by atoms with Crippen LogP contribution in [0.2, 0.25) is 0 Å². The zero-order chi connectivity index (χ0) is 23.4. The molecule has 6 rings (SSSR count). The van der Waals surface area contributed by atoms with Crippen molar-refractivity contribution in [2.45, 2.75) is 37.9 Å². The molecule has 0 spiro atoms. The number of nitrogens with one attached hydrogen (secondary N) is 1. The summed E-state index contributed by atoms with van der Waals surface area (Å²) in [7, 11) is 1.58. The Balaban J connectivity index is 1.28. The number of nitrogens with zero attached hydrogens (tertiary/aromatic N) is 3. The van der Waals surface area contributed by atoms with Gasteiger partial charge in [0.15, 0.2) is 0 Å². The van der Waals surface area contributed by atoms with Crippen LogP contribution in [0.15, 0.2) is 59.4 Å². The van der Waals surface area contributed by atoms with Crippen LogP contribution in [-0.2, 0) is 17.8 Å². The lowest BCUT2D eigenvalue weighted by molar-refractivity contribution is -0.121. The molecular weight excluding hydrogens is 431 g/mol. The first kappa shape index (κ1) is 21.1. The van der Waals surface area contributed by atoms with Gasteiger partial charge in [-0.3, -0.25) is 18.8 Å². The number of benzene rings is 3. The molecule has 1 fully saturated rings. The second-order valence-electron chi connectivity index (χ2n) is 9.36. The quantitative estimate of drug-likeness (QED) is 0.507. The summed E-state index contributed by atoms with van der Waals surface area (Å²) in [5, 5.41) is 4.40. The van der Waals surface area contributed by atoms with Crippen LogP contribution < -0.4 is 11.0 Å². The van der Waals surface area contributed by atoms with Gasteiger partial charge in [-0.15, -0.1) is 0 Å². The number of hydrogen-bond donors (Lipinski definition) is 1. The number of piperidine rings is 1. The second kappa shape index (κ2) is 8.09. The number of hydrogen-bond acceptors (Lipinski definition) is 3. The SMILES string of the molecule is CNC(=O)Cn1c(=O)n(C2CCN([C@@H]3Cc4ccc(F)c5cccc3c45)CC2)c2ccccc21. The summed E-state index contributed by atoms with van der Waals surface area (Å²) in [6.45, 7) is 1.75. The number of likely N-dealkylation sites (tertiary alicyclic amines) is 1. The first-order valence-corrected chi connectivity index (χ1v) is 11.9. The summed E-state index contributed by atoms with van der Waals surface area (Å²) < 4.78 is 17.8. The molecule has 0 bridgehead atoms. The summed E-state index contributed by atoms with van der Waals surface area (Å²) >= 11 is 0. The van der Waals surface area contributed by atoms with E-state index in [1.807, 2.05) is 47.0 Å². The highest BCUT2D eigenvalue weighted by Crippen LogP contribution is 2.42. The Morgan fingerprint density at radius 2 is 1.79 bits per heavy atom. The van der Waals surface area contributed by atoms with Gasteiger partial charge in [0, 0.05) is 37.6 Å². The van der Waals surface area contributed by atoms with Gasteiger partial charge in [-0.1, -0.05) is 36.4 Å². The maximum atomic E-state index is 14.4. The molecule has 0 radical (unpaired) electrons.